The highest BCUT2D eigenvalue weighted by Crippen LogP contribution is 2.30. The van der Waals surface area contributed by atoms with E-state index in [1.54, 1.807) is 26.0 Å². The number of rotatable bonds is 5. The van der Waals surface area contributed by atoms with E-state index in [-0.39, 0.29) is 23.9 Å². The fraction of sp³-hybridized carbons (Fsp3) is 0.417. The number of amides is 1. The molecule has 0 fully saturated rings. The van der Waals surface area contributed by atoms with Gasteiger partial charge in [-0.3, -0.25) is 14.9 Å². The molecular formula is C12H17N3O4. The van der Waals surface area contributed by atoms with Crippen LogP contribution in [-0.2, 0) is 4.79 Å². The van der Waals surface area contributed by atoms with Crippen LogP contribution in [0.25, 0.3) is 0 Å². The Labute approximate surface area is 111 Å². The molecule has 19 heavy (non-hydrogen) atoms. The van der Waals surface area contributed by atoms with Crippen molar-refractivity contribution in [1.82, 2.24) is 4.90 Å². The van der Waals surface area contributed by atoms with E-state index >= 15 is 0 Å². The van der Waals surface area contributed by atoms with E-state index in [1.165, 1.54) is 30.2 Å². The summed E-state index contributed by atoms with van der Waals surface area (Å²) in [7, 11) is 6.56. The van der Waals surface area contributed by atoms with Gasteiger partial charge in [0.15, 0.2) is 5.75 Å². The average Bonchev–Trinajstić information content (AvgIpc) is 2.36. The number of hydrogen-bond donors (Lipinski definition) is 0. The quantitative estimate of drug-likeness (QED) is 0.590. The molecule has 104 valence electrons. The first-order valence-corrected chi connectivity index (χ1v) is 5.60. The number of ether oxygens (including phenoxy) is 1. The zero-order chi connectivity index (χ0) is 14.6. The topological polar surface area (TPSA) is 75.9 Å². The maximum atomic E-state index is 11.9. The molecule has 7 heteroatoms. The first-order chi connectivity index (χ1) is 8.86. The van der Waals surface area contributed by atoms with E-state index < -0.39 is 4.92 Å². The fourth-order valence-corrected chi connectivity index (χ4v) is 1.55. The molecular weight excluding hydrogens is 250 g/mol. The third kappa shape index (κ3) is 3.65. The number of methoxy groups -OCH3 is 1. The van der Waals surface area contributed by atoms with E-state index in [4.69, 9.17) is 4.74 Å². The maximum absolute atomic E-state index is 11.9. The summed E-state index contributed by atoms with van der Waals surface area (Å²) in [6.45, 7) is 0.260. The Balaban J connectivity index is 3.02. The highest BCUT2D eigenvalue weighted by atomic mass is 16.6. The van der Waals surface area contributed by atoms with Crippen molar-refractivity contribution in [2.75, 3.05) is 39.7 Å². The van der Waals surface area contributed by atoms with Gasteiger partial charge in [-0.25, -0.2) is 0 Å². The third-order valence-corrected chi connectivity index (χ3v) is 2.57. The molecule has 1 aromatic carbocycles. The summed E-state index contributed by atoms with van der Waals surface area (Å²) in [5.74, 6) is 0.0212. The van der Waals surface area contributed by atoms with Crippen LogP contribution >= 0.6 is 0 Å². The lowest BCUT2D eigenvalue weighted by Gasteiger charge is -2.20. The molecule has 0 radical (unpaired) electrons. The van der Waals surface area contributed by atoms with Gasteiger partial charge in [-0.05, 0) is 20.2 Å². The Morgan fingerprint density at radius 3 is 2.47 bits per heavy atom. The number of carbonyl (C=O) groups excluding carboxylic acids is 1. The summed E-state index contributed by atoms with van der Waals surface area (Å²) in [4.78, 5) is 25.3. The number of nitro groups is 1. The number of hydrogen-bond acceptors (Lipinski definition) is 5. The van der Waals surface area contributed by atoms with Crippen molar-refractivity contribution in [3.63, 3.8) is 0 Å². The molecule has 0 aliphatic rings. The maximum Gasteiger partial charge on any atom is 0.311 e. The second-order valence-corrected chi connectivity index (χ2v) is 4.30. The molecule has 0 unspecified atom stereocenters. The number of likely N-dealkylation sites (N-methyl/N-ethyl adjacent to an activating group) is 2. The van der Waals surface area contributed by atoms with Crippen molar-refractivity contribution < 1.29 is 14.5 Å². The summed E-state index contributed by atoms with van der Waals surface area (Å²) in [6, 6.07) is 4.33. The molecule has 0 N–H and O–H groups in total. The van der Waals surface area contributed by atoms with Gasteiger partial charge in [-0.15, -0.1) is 0 Å². The molecule has 1 amide bonds. The molecule has 0 aromatic heterocycles. The van der Waals surface area contributed by atoms with Gasteiger partial charge in [-0.2, -0.15) is 0 Å². The van der Waals surface area contributed by atoms with Gasteiger partial charge in [-0.1, -0.05) is 0 Å². The van der Waals surface area contributed by atoms with Crippen molar-refractivity contribution in [2.45, 2.75) is 0 Å². The van der Waals surface area contributed by atoms with E-state index in [0.29, 0.717) is 5.69 Å². The van der Waals surface area contributed by atoms with Gasteiger partial charge in [0, 0.05) is 24.9 Å². The van der Waals surface area contributed by atoms with Gasteiger partial charge in [0.2, 0.25) is 5.91 Å². The number of nitro benzene ring substituents is 1. The lowest BCUT2D eigenvalue weighted by Crippen LogP contribution is -2.35. The zero-order valence-corrected chi connectivity index (χ0v) is 11.4. The van der Waals surface area contributed by atoms with Crippen LogP contribution in [0.4, 0.5) is 11.4 Å². The van der Waals surface area contributed by atoms with Crippen LogP contribution in [0.15, 0.2) is 18.2 Å². The molecule has 0 saturated heterocycles. The SMILES string of the molecule is COc1cc(N(C)C(=O)CN(C)C)ccc1[N+](=O)[O-]. The molecule has 0 spiro atoms. The van der Waals surface area contributed by atoms with Gasteiger partial charge < -0.3 is 14.5 Å². The Bertz CT molecular complexity index is 488. The van der Waals surface area contributed by atoms with Crippen molar-refractivity contribution >= 4 is 17.3 Å². The van der Waals surface area contributed by atoms with Gasteiger partial charge in [0.1, 0.15) is 0 Å². The molecule has 0 bridgehead atoms. The predicted molar refractivity (Wildman–Crippen MR) is 71.6 cm³/mol. The average molecular weight is 267 g/mol. The first-order valence-electron chi connectivity index (χ1n) is 5.60. The minimum atomic E-state index is -0.524. The largest absolute Gasteiger partial charge is 0.490 e. The van der Waals surface area contributed by atoms with Gasteiger partial charge >= 0.3 is 5.69 Å². The van der Waals surface area contributed by atoms with Crippen LogP contribution < -0.4 is 9.64 Å². The number of carbonyl (C=O) groups is 1. The normalized spacial score (nSPS) is 10.4. The van der Waals surface area contributed by atoms with Gasteiger partial charge in [0.05, 0.1) is 18.6 Å². The smallest absolute Gasteiger partial charge is 0.311 e. The van der Waals surface area contributed by atoms with Crippen LogP contribution in [0, 0.1) is 10.1 Å². The minimum Gasteiger partial charge on any atom is -0.490 e. The van der Waals surface area contributed by atoms with E-state index in [1.807, 2.05) is 0 Å². The summed E-state index contributed by atoms with van der Waals surface area (Å²) in [5.41, 5.74) is 0.425. The third-order valence-electron chi connectivity index (χ3n) is 2.57. The molecule has 0 aliphatic heterocycles. The summed E-state index contributed by atoms with van der Waals surface area (Å²) < 4.78 is 4.97. The number of benzene rings is 1. The first kappa shape index (κ1) is 14.9. The predicted octanol–water partition coefficient (Wildman–Crippen LogP) is 1.13. The molecule has 7 nitrogen and oxygen atoms in total. The van der Waals surface area contributed by atoms with Crippen molar-refractivity contribution in [3.05, 3.63) is 28.3 Å². The lowest BCUT2D eigenvalue weighted by molar-refractivity contribution is -0.385. The Kier molecular flexibility index (Phi) is 4.82. The van der Waals surface area contributed by atoms with Crippen LogP contribution in [0.5, 0.6) is 5.75 Å². The van der Waals surface area contributed by atoms with Crippen LogP contribution in [0.2, 0.25) is 0 Å². The second kappa shape index (κ2) is 6.14. The van der Waals surface area contributed by atoms with E-state index in [0.717, 1.165) is 0 Å². The Morgan fingerprint density at radius 1 is 1.37 bits per heavy atom. The molecule has 0 aliphatic carbocycles. The number of anilines is 1. The Hall–Kier alpha value is -2.15. The molecule has 1 rings (SSSR count). The van der Waals surface area contributed by atoms with Crippen molar-refractivity contribution in [1.29, 1.82) is 0 Å². The zero-order valence-electron chi connectivity index (χ0n) is 11.4. The fourth-order valence-electron chi connectivity index (χ4n) is 1.55. The van der Waals surface area contributed by atoms with Gasteiger partial charge in [0.25, 0.3) is 0 Å². The van der Waals surface area contributed by atoms with Crippen molar-refractivity contribution in [2.24, 2.45) is 0 Å². The summed E-state index contributed by atoms with van der Waals surface area (Å²) in [6.07, 6.45) is 0. The Morgan fingerprint density at radius 2 is 2.00 bits per heavy atom. The standard InChI is InChI=1S/C12H17N3O4/c1-13(2)8-12(16)14(3)9-5-6-10(15(17)18)11(7-9)19-4/h5-7H,8H2,1-4H3. The lowest BCUT2D eigenvalue weighted by atomic mass is 10.2. The van der Waals surface area contributed by atoms with Crippen LogP contribution in [-0.4, -0.2) is 50.5 Å². The highest BCUT2D eigenvalue weighted by molar-refractivity contribution is 5.94. The summed E-state index contributed by atoms with van der Waals surface area (Å²) >= 11 is 0. The van der Waals surface area contributed by atoms with Crippen LogP contribution in [0.1, 0.15) is 0 Å². The van der Waals surface area contributed by atoms with E-state index in [2.05, 4.69) is 0 Å². The number of nitrogens with zero attached hydrogens (tertiary/aromatic N) is 3. The molecule has 1 aromatic rings. The minimum absolute atomic E-state index is 0.110. The van der Waals surface area contributed by atoms with E-state index in [9.17, 15) is 14.9 Å². The van der Waals surface area contributed by atoms with Crippen LogP contribution in [0.3, 0.4) is 0 Å². The molecule has 0 atom stereocenters. The summed E-state index contributed by atoms with van der Waals surface area (Å²) in [5, 5.41) is 10.8. The highest BCUT2D eigenvalue weighted by Gasteiger charge is 2.18. The molecule has 0 heterocycles. The van der Waals surface area contributed by atoms with Crippen molar-refractivity contribution in [3.8, 4) is 5.75 Å². The molecule has 0 saturated carbocycles. The monoisotopic (exact) mass is 267 g/mol. The second-order valence-electron chi connectivity index (χ2n) is 4.30.